The molecule has 1 aliphatic rings. The monoisotopic (exact) mass is 433 g/mol. The summed E-state index contributed by atoms with van der Waals surface area (Å²) in [7, 11) is -3.71. The van der Waals surface area contributed by atoms with Gasteiger partial charge in [-0.2, -0.15) is 12.7 Å². The molecular weight excluding hydrogens is 417 g/mol. The first-order chi connectivity index (χ1) is 13.3. The van der Waals surface area contributed by atoms with E-state index >= 15 is 0 Å². The van der Waals surface area contributed by atoms with Crippen LogP contribution in [0.2, 0.25) is 5.02 Å². The number of amidine groups is 1. The van der Waals surface area contributed by atoms with Gasteiger partial charge in [0.2, 0.25) is 11.7 Å². The summed E-state index contributed by atoms with van der Waals surface area (Å²) in [6.45, 7) is 0.985. The second-order valence-corrected chi connectivity index (χ2v) is 8.06. The van der Waals surface area contributed by atoms with E-state index in [0.717, 1.165) is 6.07 Å². The van der Waals surface area contributed by atoms with E-state index in [1.807, 2.05) is 0 Å². The lowest BCUT2D eigenvalue weighted by Crippen LogP contribution is -2.35. The van der Waals surface area contributed by atoms with Gasteiger partial charge in [-0.1, -0.05) is 16.8 Å². The van der Waals surface area contributed by atoms with Crippen LogP contribution in [0.25, 0.3) is 0 Å². The maximum atomic E-state index is 13.3. The zero-order valence-electron chi connectivity index (χ0n) is 14.3. The number of hydrogen-bond donors (Lipinski definition) is 4. The predicted octanol–water partition coefficient (Wildman–Crippen LogP) is 1.05. The molecule has 1 atom stereocenters. The van der Waals surface area contributed by atoms with Crippen molar-refractivity contribution in [1.82, 2.24) is 14.6 Å². The highest BCUT2D eigenvalue weighted by Gasteiger charge is 2.29. The molecule has 5 N–H and O–H groups in total. The molecule has 2 heterocycles. The van der Waals surface area contributed by atoms with Crippen LogP contribution < -0.4 is 15.8 Å². The van der Waals surface area contributed by atoms with Crippen molar-refractivity contribution in [2.45, 2.75) is 6.42 Å². The molecule has 28 heavy (non-hydrogen) atoms. The van der Waals surface area contributed by atoms with Gasteiger partial charge in [-0.05, 0) is 40.9 Å². The summed E-state index contributed by atoms with van der Waals surface area (Å²) in [5, 5.41) is 30.6. The molecule has 1 saturated heterocycles. The van der Waals surface area contributed by atoms with Gasteiger partial charge in [-0.3, -0.25) is 0 Å². The third-order valence-electron chi connectivity index (χ3n) is 4.16. The van der Waals surface area contributed by atoms with E-state index in [4.69, 9.17) is 21.4 Å². The third-order valence-corrected chi connectivity index (χ3v) is 5.50. The Labute approximate surface area is 164 Å². The van der Waals surface area contributed by atoms with Crippen molar-refractivity contribution >= 4 is 39.2 Å². The SMILES string of the molecule is NS(=O)(=O)N1CC[C@@H](CNc2nonc2/C(=N/O)Nc2ccc(F)c(Cl)c2)C1. The van der Waals surface area contributed by atoms with Crippen LogP contribution in [-0.2, 0) is 10.2 Å². The molecule has 1 aliphatic heterocycles. The number of nitrogens with zero attached hydrogens (tertiary/aromatic N) is 4. The van der Waals surface area contributed by atoms with E-state index in [1.54, 1.807) is 0 Å². The maximum absolute atomic E-state index is 13.3. The Bertz CT molecular complexity index is 984. The molecule has 2 aromatic rings. The summed E-state index contributed by atoms with van der Waals surface area (Å²) in [6.07, 6.45) is 0.622. The molecular formula is C14H17ClFN7O4S. The fourth-order valence-corrected chi connectivity index (χ4v) is 3.70. The van der Waals surface area contributed by atoms with Crippen molar-refractivity contribution in [1.29, 1.82) is 0 Å². The second kappa shape index (κ2) is 8.26. The smallest absolute Gasteiger partial charge is 0.276 e. The molecule has 152 valence electrons. The largest absolute Gasteiger partial charge is 0.409 e. The Morgan fingerprint density at radius 1 is 1.50 bits per heavy atom. The molecule has 0 saturated carbocycles. The van der Waals surface area contributed by atoms with Crippen LogP contribution in [0, 0.1) is 11.7 Å². The Kier molecular flexibility index (Phi) is 5.98. The van der Waals surface area contributed by atoms with E-state index in [1.165, 1.54) is 16.4 Å². The number of rotatable bonds is 6. The first kappa shape index (κ1) is 20.3. The summed E-state index contributed by atoms with van der Waals surface area (Å²) in [5.41, 5.74) is 0.428. The molecule has 0 unspecified atom stereocenters. The van der Waals surface area contributed by atoms with Gasteiger partial charge in [0, 0.05) is 25.3 Å². The van der Waals surface area contributed by atoms with Gasteiger partial charge < -0.3 is 15.8 Å². The van der Waals surface area contributed by atoms with Crippen LogP contribution in [0.4, 0.5) is 15.9 Å². The minimum atomic E-state index is -3.71. The minimum Gasteiger partial charge on any atom is -0.409 e. The van der Waals surface area contributed by atoms with Gasteiger partial charge in [-0.25, -0.2) is 14.2 Å². The van der Waals surface area contributed by atoms with E-state index in [9.17, 15) is 18.0 Å². The lowest BCUT2D eigenvalue weighted by Gasteiger charge is -2.13. The summed E-state index contributed by atoms with van der Waals surface area (Å²) in [5.74, 6) is -0.516. The quantitative estimate of drug-likeness (QED) is 0.227. The summed E-state index contributed by atoms with van der Waals surface area (Å²) >= 11 is 5.73. The summed E-state index contributed by atoms with van der Waals surface area (Å²) in [6, 6.07) is 3.85. The summed E-state index contributed by atoms with van der Waals surface area (Å²) < 4.78 is 41.9. The van der Waals surface area contributed by atoms with Crippen LogP contribution in [0.3, 0.4) is 0 Å². The molecule has 1 aromatic heterocycles. The van der Waals surface area contributed by atoms with Crippen molar-refractivity contribution in [2.75, 3.05) is 30.3 Å². The van der Waals surface area contributed by atoms with Gasteiger partial charge >= 0.3 is 0 Å². The van der Waals surface area contributed by atoms with Crippen molar-refractivity contribution in [3.63, 3.8) is 0 Å². The highest BCUT2D eigenvalue weighted by atomic mass is 35.5. The van der Waals surface area contributed by atoms with Crippen LogP contribution in [0.5, 0.6) is 0 Å². The van der Waals surface area contributed by atoms with Crippen LogP contribution >= 0.6 is 11.6 Å². The third kappa shape index (κ3) is 4.67. The lowest BCUT2D eigenvalue weighted by atomic mass is 10.1. The van der Waals surface area contributed by atoms with E-state index in [-0.39, 0.29) is 34.8 Å². The number of aromatic nitrogens is 2. The number of halogens is 2. The van der Waals surface area contributed by atoms with Crippen LogP contribution in [-0.4, -0.2) is 53.7 Å². The molecule has 0 radical (unpaired) electrons. The van der Waals surface area contributed by atoms with E-state index < -0.39 is 16.0 Å². The lowest BCUT2D eigenvalue weighted by molar-refractivity contribution is 0.305. The zero-order valence-corrected chi connectivity index (χ0v) is 15.9. The van der Waals surface area contributed by atoms with E-state index in [2.05, 4.69) is 26.1 Å². The highest BCUT2D eigenvalue weighted by molar-refractivity contribution is 7.86. The number of nitrogens with one attached hydrogen (secondary N) is 2. The first-order valence-corrected chi connectivity index (χ1v) is 9.95. The molecule has 0 spiro atoms. The molecule has 1 fully saturated rings. The number of nitrogens with two attached hydrogens (primary N) is 1. The van der Waals surface area contributed by atoms with Gasteiger partial charge in [0.25, 0.3) is 10.2 Å². The Morgan fingerprint density at radius 2 is 2.29 bits per heavy atom. The Hall–Kier alpha value is -2.48. The first-order valence-electron chi connectivity index (χ1n) is 8.06. The molecule has 14 heteroatoms. The number of anilines is 2. The zero-order chi connectivity index (χ0) is 20.3. The minimum absolute atomic E-state index is 0.00116. The molecule has 1 aromatic carbocycles. The topological polar surface area (TPSA) is 159 Å². The van der Waals surface area contributed by atoms with Crippen LogP contribution in [0.15, 0.2) is 28.0 Å². The molecule has 3 rings (SSSR count). The average Bonchev–Trinajstić information content (AvgIpc) is 3.29. The van der Waals surface area contributed by atoms with Gasteiger partial charge in [0.15, 0.2) is 5.69 Å². The molecule has 11 nitrogen and oxygen atoms in total. The van der Waals surface area contributed by atoms with Gasteiger partial charge in [0.1, 0.15) is 5.82 Å². The standard InChI is InChI=1S/C14H17ClFN7O4S/c15-10-5-9(1-2-11(10)16)19-14(20-24)12-13(22-27-21-12)18-6-8-3-4-23(7-8)28(17,25)26/h1-2,5,8,24H,3-4,6-7H2,(H,18,22)(H,19,20)(H2,17,25,26)/t8-/m0/s1. The highest BCUT2D eigenvalue weighted by Crippen LogP contribution is 2.22. The van der Waals surface area contributed by atoms with Crippen molar-refractivity contribution in [3.8, 4) is 0 Å². The van der Waals surface area contributed by atoms with Crippen molar-refractivity contribution < 1.29 is 22.6 Å². The number of hydrogen-bond acceptors (Lipinski definition) is 8. The van der Waals surface area contributed by atoms with Crippen molar-refractivity contribution in [3.05, 3.63) is 34.7 Å². The fraction of sp³-hybridized carbons (Fsp3) is 0.357. The molecule has 0 aliphatic carbocycles. The normalized spacial score (nSPS) is 18.4. The maximum Gasteiger partial charge on any atom is 0.276 e. The molecule has 0 amide bonds. The van der Waals surface area contributed by atoms with Crippen LogP contribution in [0.1, 0.15) is 12.1 Å². The number of benzene rings is 1. The Morgan fingerprint density at radius 3 is 2.93 bits per heavy atom. The van der Waals surface area contributed by atoms with Gasteiger partial charge in [-0.15, -0.1) is 0 Å². The average molecular weight is 434 g/mol. The molecule has 0 bridgehead atoms. The number of oxime groups is 1. The van der Waals surface area contributed by atoms with Gasteiger partial charge in [0.05, 0.1) is 5.02 Å². The van der Waals surface area contributed by atoms with Crippen molar-refractivity contribution in [2.24, 2.45) is 16.2 Å². The predicted molar refractivity (Wildman–Crippen MR) is 98.9 cm³/mol. The second-order valence-electron chi connectivity index (χ2n) is 6.10. The summed E-state index contributed by atoms with van der Waals surface area (Å²) in [4.78, 5) is 0. The fourth-order valence-electron chi connectivity index (χ4n) is 2.74. The van der Waals surface area contributed by atoms with E-state index in [0.29, 0.717) is 25.2 Å². The Balaban J connectivity index is 1.66.